The van der Waals surface area contributed by atoms with Gasteiger partial charge >= 0.3 is 0 Å². The maximum Gasteiger partial charge on any atom is 0.150 e. The van der Waals surface area contributed by atoms with Crippen LogP contribution in [0.25, 0.3) is 10.9 Å². The molecule has 5 heteroatoms. The van der Waals surface area contributed by atoms with E-state index in [1.54, 1.807) is 0 Å². The van der Waals surface area contributed by atoms with E-state index in [4.69, 9.17) is 9.47 Å². The predicted molar refractivity (Wildman–Crippen MR) is 87.5 cm³/mol. The molecule has 0 saturated carbocycles. The van der Waals surface area contributed by atoms with Gasteiger partial charge in [-0.15, -0.1) is 0 Å². The van der Waals surface area contributed by atoms with Crippen LogP contribution in [0.5, 0.6) is 0 Å². The van der Waals surface area contributed by atoms with Crippen LogP contribution in [0.2, 0.25) is 0 Å². The first-order chi connectivity index (χ1) is 11.2. The van der Waals surface area contributed by atoms with Crippen molar-refractivity contribution in [1.29, 1.82) is 0 Å². The van der Waals surface area contributed by atoms with Crippen LogP contribution < -0.4 is 0 Å². The zero-order valence-corrected chi connectivity index (χ0v) is 13.6. The number of rotatable bonds is 2. The van der Waals surface area contributed by atoms with E-state index < -0.39 is 6.10 Å². The summed E-state index contributed by atoms with van der Waals surface area (Å²) in [5.41, 5.74) is 3.54. The van der Waals surface area contributed by atoms with Gasteiger partial charge in [-0.2, -0.15) is 5.10 Å². The Hall–Kier alpha value is -1.43. The van der Waals surface area contributed by atoms with Crippen LogP contribution in [0.3, 0.4) is 0 Å². The standard InChI is InChI=1S/C18H24N2O3/c1-12-8-13-10-19-20(18-4-2-3-6-23-18)16(13)9-15(12)14-5-7-22-11-17(14)21/h8-10,14,17-18,21H,2-7,11H2,1H3. The molecule has 3 unspecified atom stereocenters. The van der Waals surface area contributed by atoms with Crippen molar-refractivity contribution in [3.63, 3.8) is 0 Å². The zero-order chi connectivity index (χ0) is 15.8. The second kappa shape index (κ2) is 6.23. The van der Waals surface area contributed by atoms with Gasteiger partial charge in [-0.25, -0.2) is 4.68 Å². The maximum absolute atomic E-state index is 10.3. The van der Waals surface area contributed by atoms with E-state index in [0.29, 0.717) is 13.2 Å². The van der Waals surface area contributed by atoms with Gasteiger partial charge in [-0.1, -0.05) is 0 Å². The highest BCUT2D eigenvalue weighted by atomic mass is 16.5. The Balaban J connectivity index is 1.75. The van der Waals surface area contributed by atoms with E-state index >= 15 is 0 Å². The molecule has 0 amide bonds. The number of benzene rings is 1. The SMILES string of the molecule is Cc1cc2cnn(C3CCCCO3)c2cc1C1CCOCC1O. The van der Waals surface area contributed by atoms with Crippen molar-refractivity contribution < 1.29 is 14.6 Å². The summed E-state index contributed by atoms with van der Waals surface area (Å²) in [5, 5.41) is 16.0. The highest BCUT2D eigenvalue weighted by Crippen LogP contribution is 2.34. The lowest BCUT2D eigenvalue weighted by molar-refractivity contribution is -0.0367. The van der Waals surface area contributed by atoms with Gasteiger partial charge in [0.15, 0.2) is 6.23 Å². The average Bonchev–Trinajstić information content (AvgIpc) is 2.98. The molecular weight excluding hydrogens is 292 g/mol. The summed E-state index contributed by atoms with van der Waals surface area (Å²) in [4.78, 5) is 0. The number of nitrogens with zero attached hydrogens (tertiary/aromatic N) is 2. The fourth-order valence-electron chi connectivity index (χ4n) is 3.85. The summed E-state index contributed by atoms with van der Waals surface area (Å²) in [6.45, 7) is 4.06. The molecule has 2 aliphatic rings. The Kier molecular flexibility index (Phi) is 4.09. The third kappa shape index (κ3) is 2.77. The molecule has 4 rings (SSSR count). The summed E-state index contributed by atoms with van der Waals surface area (Å²) in [7, 11) is 0. The Labute approximate surface area is 136 Å². The van der Waals surface area contributed by atoms with Gasteiger partial charge < -0.3 is 14.6 Å². The van der Waals surface area contributed by atoms with Crippen LogP contribution >= 0.6 is 0 Å². The summed E-state index contributed by atoms with van der Waals surface area (Å²) in [6.07, 6.45) is 5.72. The molecule has 3 atom stereocenters. The molecule has 2 aromatic rings. The largest absolute Gasteiger partial charge is 0.390 e. The molecule has 2 saturated heterocycles. The first-order valence-corrected chi connectivity index (χ1v) is 8.59. The van der Waals surface area contributed by atoms with Gasteiger partial charge in [0, 0.05) is 24.5 Å². The smallest absolute Gasteiger partial charge is 0.150 e. The Morgan fingerprint density at radius 1 is 1.22 bits per heavy atom. The first-order valence-electron chi connectivity index (χ1n) is 8.59. The van der Waals surface area contributed by atoms with Gasteiger partial charge in [0.1, 0.15) is 0 Å². The highest BCUT2D eigenvalue weighted by Gasteiger charge is 2.27. The fraction of sp³-hybridized carbons (Fsp3) is 0.611. The fourth-order valence-corrected chi connectivity index (χ4v) is 3.85. The molecule has 0 aliphatic carbocycles. The van der Waals surface area contributed by atoms with Crippen LogP contribution in [0.4, 0.5) is 0 Å². The van der Waals surface area contributed by atoms with E-state index in [2.05, 4.69) is 24.2 Å². The predicted octanol–water partition coefficient (Wildman–Crippen LogP) is 2.91. The molecule has 0 bridgehead atoms. The van der Waals surface area contributed by atoms with Crippen molar-refractivity contribution in [2.24, 2.45) is 0 Å². The quantitative estimate of drug-likeness (QED) is 0.925. The third-order valence-electron chi connectivity index (χ3n) is 5.14. The Morgan fingerprint density at radius 3 is 2.91 bits per heavy atom. The van der Waals surface area contributed by atoms with Gasteiger partial charge in [0.05, 0.1) is 24.4 Å². The molecule has 2 fully saturated rings. The molecular formula is C18H24N2O3. The zero-order valence-electron chi connectivity index (χ0n) is 13.6. The molecule has 1 aromatic carbocycles. The topological polar surface area (TPSA) is 56.5 Å². The van der Waals surface area contributed by atoms with Crippen molar-refractivity contribution in [1.82, 2.24) is 9.78 Å². The molecule has 2 aliphatic heterocycles. The molecule has 3 heterocycles. The average molecular weight is 316 g/mol. The molecule has 5 nitrogen and oxygen atoms in total. The summed E-state index contributed by atoms with van der Waals surface area (Å²) in [5.74, 6) is 0.142. The molecule has 1 aromatic heterocycles. The van der Waals surface area contributed by atoms with Crippen molar-refractivity contribution >= 4 is 10.9 Å². The van der Waals surface area contributed by atoms with Gasteiger partial charge in [-0.3, -0.25) is 0 Å². The lowest BCUT2D eigenvalue weighted by Crippen LogP contribution is -2.31. The number of ether oxygens (including phenoxy) is 2. The number of aromatic nitrogens is 2. The van der Waals surface area contributed by atoms with Crippen molar-refractivity contribution in [3.05, 3.63) is 29.5 Å². The van der Waals surface area contributed by atoms with Crippen LogP contribution in [0, 0.1) is 6.92 Å². The lowest BCUT2D eigenvalue weighted by Gasteiger charge is -2.29. The molecule has 23 heavy (non-hydrogen) atoms. The third-order valence-corrected chi connectivity index (χ3v) is 5.14. The Bertz CT molecular complexity index is 691. The van der Waals surface area contributed by atoms with E-state index in [-0.39, 0.29) is 12.1 Å². The van der Waals surface area contributed by atoms with E-state index in [0.717, 1.165) is 36.8 Å². The molecule has 0 spiro atoms. The van der Waals surface area contributed by atoms with Crippen LogP contribution in [0.1, 0.15) is 49.0 Å². The minimum absolute atomic E-state index is 0.0384. The van der Waals surface area contributed by atoms with E-state index in [1.165, 1.54) is 17.5 Å². The van der Waals surface area contributed by atoms with Crippen LogP contribution in [0.15, 0.2) is 18.3 Å². The second-order valence-electron chi connectivity index (χ2n) is 6.72. The van der Waals surface area contributed by atoms with Crippen molar-refractivity contribution in [2.45, 2.75) is 50.9 Å². The molecule has 1 N–H and O–H groups in total. The van der Waals surface area contributed by atoms with Crippen LogP contribution in [-0.4, -0.2) is 40.8 Å². The monoisotopic (exact) mass is 316 g/mol. The summed E-state index contributed by atoms with van der Waals surface area (Å²) in [6, 6.07) is 4.38. The number of fused-ring (bicyclic) bond motifs is 1. The van der Waals surface area contributed by atoms with Crippen LogP contribution in [-0.2, 0) is 9.47 Å². The normalized spacial score (nSPS) is 29.0. The van der Waals surface area contributed by atoms with Crippen molar-refractivity contribution in [3.8, 4) is 0 Å². The van der Waals surface area contributed by atoms with E-state index in [1.807, 2.05) is 10.9 Å². The van der Waals surface area contributed by atoms with Crippen molar-refractivity contribution in [2.75, 3.05) is 19.8 Å². The number of hydrogen-bond acceptors (Lipinski definition) is 4. The summed E-state index contributed by atoms with van der Waals surface area (Å²) >= 11 is 0. The lowest BCUT2D eigenvalue weighted by atomic mass is 9.86. The highest BCUT2D eigenvalue weighted by molar-refractivity contribution is 5.80. The second-order valence-corrected chi connectivity index (χ2v) is 6.72. The minimum Gasteiger partial charge on any atom is -0.390 e. The first kappa shape index (κ1) is 15.1. The number of aryl methyl sites for hydroxylation is 1. The van der Waals surface area contributed by atoms with Gasteiger partial charge in [0.2, 0.25) is 0 Å². The van der Waals surface area contributed by atoms with Gasteiger partial charge in [-0.05, 0) is 55.9 Å². The van der Waals surface area contributed by atoms with Gasteiger partial charge in [0.25, 0.3) is 0 Å². The minimum atomic E-state index is -0.429. The Morgan fingerprint density at radius 2 is 2.13 bits per heavy atom. The number of aliphatic hydroxyl groups is 1. The maximum atomic E-state index is 10.3. The molecule has 124 valence electrons. The summed E-state index contributed by atoms with van der Waals surface area (Å²) < 4.78 is 13.3. The number of hydrogen-bond donors (Lipinski definition) is 1. The molecule has 0 radical (unpaired) electrons. The number of aliphatic hydroxyl groups excluding tert-OH is 1. The van der Waals surface area contributed by atoms with E-state index in [9.17, 15) is 5.11 Å².